The highest BCUT2D eigenvalue weighted by molar-refractivity contribution is 5.95. The zero-order valence-electron chi connectivity index (χ0n) is 17.4. The Bertz CT molecular complexity index is 626. The quantitative estimate of drug-likeness (QED) is 0.152. The number of nitro benzene ring substituents is 1. The second-order valence-corrected chi connectivity index (χ2v) is 7.36. The van der Waals surface area contributed by atoms with Crippen LogP contribution in [0.2, 0.25) is 0 Å². The molecule has 0 heterocycles. The number of aromatic carboxylic acids is 1. The highest BCUT2D eigenvalue weighted by Crippen LogP contribution is 2.18. The maximum absolute atomic E-state index is 12.1. The Morgan fingerprint density at radius 3 is 1.83 bits per heavy atom. The van der Waals surface area contributed by atoms with Crippen LogP contribution in [0.25, 0.3) is 0 Å². The molecule has 1 aromatic rings. The number of carbonyl (C=O) groups excluding carboxylic acids is 1. The number of unbranched alkanes of at least 4 members (excludes halogenated alkanes) is 11. The van der Waals surface area contributed by atoms with E-state index in [9.17, 15) is 19.7 Å². The van der Waals surface area contributed by atoms with Crippen LogP contribution in [-0.2, 0) is 4.74 Å². The Labute approximate surface area is 172 Å². The van der Waals surface area contributed by atoms with Gasteiger partial charge in [0, 0.05) is 12.1 Å². The molecule has 0 aliphatic heterocycles. The molecule has 7 nitrogen and oxygen atoms in total. The summed E-state index contributed by atoms with van der Waals surface area (Å²) in [5, 5.41) is 19.9. The first-order valence-electron chi connectivity index (χ1n) is 10.7. The number of rotatable bonds is 16. The van der Waals surface area contributed by atoms with E-state index in [0.717, 1.165) is 37.5 Å². The number of benzene rings is 1. The van der Waals surface area contributed by atoms with Crippen LogP contribution in [0.4, 0.5) is 5.69 Å². The lowest BCUT2D eigenvalue weighted by molar-refractivity contribution is -0.384. The molecule has 1 N–H and O–H groups in total. The van der Waals surface area contributed by atoms with Gasteiger partial charge >= 0.3 is 11.9 Å². The van der Waals surface area contributed by atoms with Crippen LogP contribution in [0.15, 0.2) is 18.2 Å². The van der Waals surface area contributed by atoms with Gasteiger partial charge < -0.3 is 9.84 Å². The van der Waals surface area contributed by atoms with Crippen LogP contribution in [0.1, 0.15) is 105 Å². The fourth-order valence-corrected chi connectivity index (χ4v) is 3.15. The minimum absolute atomic E-state index is 0.115. The van der Waals surface area contributed by atoms with Gasteiger partial charge in [-0.2, -0.15) is 0 Å². The molecule has 0 aromatic heterocycles. The molecule has 0 atom stereocenters. The van der Waals surface area contributed by atoms with Crippen molar-refractivity contribution in [2.24, 2.45) is 0 Å². The monoisotopic (exact) mass is 407 g/mol. The van der Waals surface area contributed by atoms with E-state index in [2.05, 4.69) is 6.92 Å². The average molecular weight is 408 g/mol. The molecule has 0 saturated heterocycles. The molecule has 162 valence electrons. The summed E-state index contributed by atoms with van der Waals surface area (Å²) >= 11 is 0. The van der Waals surface area contributed by atoms with Crippen LogP contribution in [-0.4, -0.2) is 28.6 Å². The van der Waals surface area contributed by atoms with Crippen molar-refractivity contribution in [2.45, 2.75) is 84.0 Å². The maximum Gasteiger partial charge on any atom is 0.338 e. The van der Waals surface area contributed by atoms with Crippen molar-refractivity contribution in [1.29, 1.82) is 0 Å². The van der Waals surface area contributed by atoms with E-state index in [4.69, 9.17) is 9.84 Å². The van der Waals surface area contributed by atoms with E-state index in [1.165, 1.54) is 57.8 Å². The lowest BCUT2D eigenvalue weighted by atomic mass is 10.1. The van der Waals surface area contributed by atoms with Gasteiger partial charge in [0.05, 0.1) is 22.7 Å². The van der Waals surface area contributed by atoms with Gasteiger partial charge in [0.2, 0.25) is 0 Å². The van der Waals surface area contributed by atoms with Gasteiger partial charge in [0.1, 0.15) is 0 Å². The molecule has 0 spiro atoms. The van der Waals surface area contributed by atoms with Gasteiger partial charge in [-0.05, 0) is 12.5 Å². The molecular formula is C22H33NO6. The summed E-state index contributed by atoms with van der Waals surface area (Å²) in [7, 11) is 0. The number of hydrogen-bond donors (Lipinski definition) is 1. The van der Waals surface area contributed by atoms with Gasteiger partial charge in [-0.1, -0.05) is 77.6 Å². The number of carboxylic acid groups (broad SMARTS) is 1. The molecule has 0 radical (unpaired) electrons. The molecule has 1 rings (SSSR count). The molecule has 0 bridgehead atoms. The number of carboxylic acids is 1. The van der Waals surface area contributed by atoms with Gasteiger partial charge in [0.15, 0.2) is 0 Å². The van der Waals surface area contributed by atoms with E-state index in [-0.39, 0.29) is 17.7 Å². The Kier molecular flexibility index (Phi) is 12.3. The normalized spacial score (nSPS) is 10.7. The van der Waals surface area contributed by atoms with Crippen molar-refractivity contribution >= 4 is 17.6 Å². The minimum atomic E-state index is -1.33. The standard InChI is InChI=1S/C22H33NO6/c1-2-3-4-5-6-7-8-9-10-11-12-13-14-29-22(26)19-15-18(21(24)25)16-20(17-19)23(27)28/h15-17H,2-14H2,1H3,(H,24,25). The summed E-state index contributed by atoms with van der Waals surface area (Å²) in [6.45, 7) is 2.45. The molecule has 0 unspecified atom stereocenters. The molecular weight excluding hydrogens is 374 g/mol. The Morgan fingerprint density at radius 2 is 1.34 bits per heavy atom. The SMILES string of the molecule is CCCCCCCCCCCCCCOC(=O)c1cc(C(=O)O)cc([N+](=O)[O-])c1. The van der Waals surface area contributed by atoms with Crippen molar-refractivity contribution in [1.82, 2.24) is 0 Å². The van der Waals surface area contributed by atoms with Crippen LogP contribution in [0.5, 0.6) is 0 Å². The molecule has 0 aliphatic rings. The summed E-state index contributed by atoms with van der Waals surface area (Å²) in [5.41, 5.74) is -0.866. The van der Waals surface area contributed by atoms with Gasteiger partial charge in [0.25, 0.3) is 5.69 Å². The zero-order valence-corrected chi connectivity index (χ0v) is 17.4. The number of hydrogen-bond acceptors (Lipinski definition) is 5. The molecule has 29 heavy (non-hydrogen) atoms. The first kappa shape index (κ1) is 24.6. The Morgan fingerprint density at radius 1 is 0.862 bits per heavy atom. The molecule has 0 amide bonds. The van der Waals surface area contributed by atoms with E-state index < -0.39 is 22.5 Å². The first-order valence-corrected chi connectivity index (χ1v) is 10.7. The second-order valence-electron chi connectivity index (χ2n) is 7.36. The van der Waals surface area contributed by atoms with Crippen molar-refractivity contribution in [3.05, 3.63) is 39.4 Å². The molecule has 0 aliphatic carbocycles. The number of carbonyl (C=O) groups is 2. The van der Waals surface area contributed by atoms with Gasteiger partial charge in [-0.15, -0.1) is 0 Å². The third-order valence-electron chi connectivity index (χ3n) is 4.84. The van der Waals surface area contributed by atoms with Gasteiger partial charge in [-0.25, -0.2) is 9.59 Å². The fourth-order valence-electron chi connectivity index (χ4n) is 3.15. The van der Waals surface area contributed by atoms with Crippen molar-refractivity contribution in [3.63, 3.8) is 0 Å². The fraction of sp³-hybridized carbons (Fsp3) is 0.636. The van der Waals surface area contributed by atoms with Crippen LogP contribution < -0.4 is 0 Å². The number of nitrogens with zero attached hydrogens (tertiary/aromatic N) is 1. The summed E-state index contributed by atoms with van der Waals surface area (Å²) in [5.74, 6) is -2.07. The maximum atomic E-state index is 12.1. The Balaban J connectivity index is 2.18. The number of ether oxygens (including phenoxy) is 1. The minimum Gasteiger partial charge on any atom is -0.478 e. The lowest BCUT2D eigenvalue weighted by Gasteiger charge is -2.06. The van der Waals surface area contributed by atoms with Crippen LogP contribution in [0, 0.1) is 10.1 Å². The largest absolute Gasteiger partial charge is 0.478 e. The number of esters is 1. The topological polar surface area (TPSA) is 107 Å². The molecule has 0 saturated carbocycles. The van der Waals surface area contributed by atoms with E-state index in [1.807, 2.05) is 0 Å². The average Bonchev–Trinajstić information content (AvgIpc) is 2.70. The van der Waals surface area contributed by atoms with Crippen LogP contribution in [0.3, 0.4) is 0 Å². The van der Waals surface area contributed by atoms with E-state index >= 15 is 0 Å². The third-order valence-corrected chi connectivity index (χ3v) is 4.84. The molecule has 0 fully saturated rings. The van der Waals surface area contributed by atoms with E-state index in [1.54, 1.807) is 0 Å². The van der Waals surface area contributed by atoms with E-state index in [0.29, 0.717) is 0 Å². The molecule has 7 heteroatoms. The van der Waals surface area contributed by atoms with Crippen LogP contribution >= 0.6 is 0 Å². The smallest absolute Gasteiger partial charge is 0.338 e. The summed E-state index contributed by atoms with van der Waals surface area (Å²) in [6, 6.07) is 3.06. The Hall–Kier alpha value is -2.44. The number of nitro groups is 1. The molecule has 1 aromatic carbocycles. The summed E-state index contributed by atoms with van der Waals surface area (Å²) in [4.78, 5) is 33.3. The highest BCUT2D eigenvalue weighted by Gasteiger charge is 2.18. The highest BCUT2D eigenvalue weighted by atomic mass is 16.6. The summed E-state index contributed by atoms with van der Waals surface area (Å²) in [6.07, 6.45) is 14.4. The second kappa shape index (κ2) is 14.5. The predicted molar refractivity (Wildman–Crippen MR) is 111 cm³/mol. The van der Waals surface area contributed by atoms with Gasteiger partial charge in [-0.3, -0.25) is 10.1 Å². The third kappa shape index (κ3) is 10.6. The summed E-state index contributed by atoms with van der Waals surface area (Å²) < 4.78 is 5.13. The van der Waals surface area contributed by atoms with Crippen molar-refractivity contribution in [3.8, 4) is 0 Å². The first-order chi connectivity index (χ1) is 14.0. The van der Waals surface area contributed by atoms with Crippen molar-refractivity contribution < 1.29 is 24.4 Å². The van der Waals surface area contributed by atoms with Crippen molar-refractivity contribution in [2.75, 3.05) is 6.61 Å². The predicted octanol–water partition coefficient (Wildman–Crippen LogP) is 6.15. The number of non-ortho nitro benzene ring substituents is 1. The lowest BCUT2D eigenvalue weighted by Crippen LogP contribution is -2.09. The zero-order chi connectivity index (χ0) is 21.5.